The van der Waals surface area contributed by atoms with Gasteiger partial charge in [0.15, 0.2) is 0 Å². The molecule has 1 atom stereocenters. The van der Waals surface area contributed by atoms with Crippen LogP contribution in [-0.2, 0) is 0 Å². The second kappa shape index (κ2) is 8.43. The van der Waals surface area contributed by atoms with Crippen LogP contribution >= 0.6 is 34.8 Å². The van der Waals surface area contributed by atoms with Crippen LogP contribution in [0.25, 0.3) is 0 Å². The number of hydrogen-bond acceptors (Lipinski definition) is 1. The highest BCUT2D eigenvalue weighted by Crippen LogP contribution is 2.05. The molecule has 0 bridgehead atoms. The summed E-state index contributed by atoms with van der Waals surface area (Å²) in [5.41, 5.74) is 0. The minimum atomic E-state index is 0.486. The SMILES string of the molecule is CC(CCCl)N(CCCl)CCCl. The third kappa shape index (κ3) is 5.47. The van der Waals surface area contributed by atoms with Gasteiger partial charge < -0.3 is 0 Å². The van der Waals surface area contributed by atoms with Crippen LogP contribution in [0, 0.1) is 0 Å². The molecule has 0 aliphatic heterocycles. The molecule has 12 heavy (non-hydrogen) atoms. The number of hydrogen-bond donors (Lipinski definition) is 0. The number of rotatable bonds is 7. The van der Waals surface area contributed by atoms with Crippen molar-refractivity contribution in [2.75, 3.05) is 30.7 Å². The van der Waals surface area contributed by atoms with E-state index < -0.39 is 0 Å². The van der Waals surface area contributed by atoms with Gasteiger partial charge in [0.25, 0.3) is 0 Å². The molecule has 1 unspecified atom stereocenters. The zero-order chi connectivity index (χ0) is 9.40. The molecule has 0 N–H and O–H groups in total. The summed E-state index contributed by atoms with van der Waals surface area (Å²) in [7, 11) is 0. The molecule has 74 valence electrons. The standard InChI is InChI=1S/C8H16Cl3N/c1-8(2-3-9)12(6-4-10)7-5-11/h8H,2-7H2,1H3. The minimum Gasteiger partial charge on any atom is -0.298 e. The third-order valence-corrected chi connectivity index (χ3v) is 2.45. The quantitative estimate of drug-likeness (QED) is 0.610. The predicted molar refractivity (Wildman–Crippen MR) is 57.8 cm³/mol. The molecular weight excluding hydrogens is 216 g/mol. The summed E-state index contributed by atoms with van der Waals surface area (Å²) in [6.07, 6.45) is 0.995. The molecular formula is C8H16Cl3N. The average molecular weight is 233 g/mol. The first-order chi connectivity index (χ1) is 5.76. The summed E-state index contributed by atoms with van der Waals surface area (Å²) >= 11 is 17.0. The molecule has 0 amide bonds. The molecule has 0 fully saturated rings. The maximum atomic E-state index is 5.66. The Labute approximate surface area is 90.0 Å². The van der Waals surface area contributed by atoms with Crippen LogP contribution in [0.1, 0.15) is 13.3 Å². The first-order valence-electron chi connectivity index (χ1n) is 4.18. The normalized spacial score (nSPS) is 13.8. The Kier molecular flexibility index (Phi) is 9.01. The first kappa shape index (κ1) is 12.8. The molecule has 0 radical (unpaired) electrons. The van der Waals surface area contributed by atoms with Crippen LogP contribution in [0.5, 0.6) is 0 Å². The van der Waals surface area contributed by atoms with Gasteiger partial charge in [0.05, 0.1) is 0 Å². The van der Waals surface area contributed by atoms with Gasteiger partial charge in [0.2, 0.25) is 0 Å². The van der Waals surface area contributed by atoms with Crippen molar-refractivity contribution in [3.05, 3.63) is 0 Å². The van der Waals surface area contributed by atoms with Crippen molar-refractivity contribution < 1.29 is 0 Å². The van der Waals surface area contributed by atoms with E-state index in [0.29, 0.717) is 23.7 Å². The van der Waals surface area contributed by atoms with Crippen LogP contribution in [0.15, 0.2) is 0 Å². The van der Waals surface area contributed by atoms with Gasteiger partial charge >= 0.3 is 0 Å². The van der Waals surface area contributed by atoms with E-state index in [0.717, 1.165) is 19.5 Å². The molecule has 0 aliphatic carbocycles. The molecule has 0 aromatic carbocycles. The van der Waals surface area contributed by atoms with Crippen LogP contribution in [0.2, 0.25) is 0 Å². The summed E-state index contributed by atoms with van der Waals surface area (Å²) in [4.78, 5) is 2.27. The van der Waals surface area contributed by atoms with E-state index in [4.69, 9.17) is 34.8 Å². The second-order valence-electron chi connectivity index (χ2n) is 2.74. The highest BCUT2D eigenvalue weighted by Gasteiger charge is 2.11. The fourth-order valence-corrected chi connectivity index (χ4v) is 1.86. The molecule has 0 aliphatic rings. The number of nitrogens with zero attached hydrogens (tertiary/aromatic N) is 1. The van der Waals surface area contributed by atoms with E-state index in [1.54, 1.807) is 0 Å². The zero-order valence-electron chi connectivity index (χ0n) is 7.40. The van der Waals surface area contributed by atoms with E-state index in [1.807, 2.05) is 0 Å². The van der Waals surface area contributed by atoms with Gasteiger partial charge in [-0.2, -0.15) is 0 Å². The van der Waals surface area contributed by atoms with Gasteiger partial charge in [-0.15, -0.1) is 34.8 Å². The molecule has 4 heteroatoms. The van der Waals surface area contributed by atoms with Crippen molar-refractivity contribution in [2.45, 2.75) is 19.4 Å². The second-order valence-corrected chi connectivity index (χ2v) is 3.87. The van der Waals surface area contributed by atoms with Crippen LogP contribution < -0.4 is 0 Å². The van der Waals surface area contributed by atoms with Crippen LogP contribution in [0.3, 0.4) is 0 Å². The van der Waals surface area contributed by atoms with Gasteiger partial charge in [0, 0.05) is 36.8 Å². The van der Waals surface area contributed by atoms with Crippen molar-refractivity contribution in [3.63, 3.8) is 0 Å². The monoisotopic (exact) mass is 231 g/mol. The van der Waals surface area contributed by atoms with E-state index >= 15 is 0 Å². The van der Waals surface area contributed by atoms with Crippen LogP contribution in [0.4, 0.5) is 0 Å². The Balaban J connectivity index is 3.72. The van der Waals surface area contributed by atoms with Crippen LogP contribution in [-0.4, -0.2) is 41.7 Å². The lowest BCUT2D eigenvalue weighted by Crippen LogP contribution is -2.36. The Morgan fingerprint density at radius 2 is 1.50 bits per heavy atom. The smallest absolute Gasteiger partial charge is 0.0351 e. The van der Waals surface area contributed by atoms with E-state index in [2.05, 4.69) is 11.8 Å². The van der Waals surface area contributed by atoms with Crippen molar-refractivity contribution in [1.29, 1.82) is 0 Å². The Morgan fingerprint density at radius 1 is 1.00 bits per heavy atom. The Hall–Kier alpha value is 0.830. The third-order valence-electron chi connectivity index (χ3n) is 1.89. The predicted octanol–water partition coefficient (Wildman–Crippen LogP) is 2.78. The Bertz CT molecular complexity index is 94.3. The topological polar surface area (TPSA) is 3.24 Å². The van der Waals surface area contributed by atoms with Crippen molar-refractivity contribution in [1.82, 2.24) is 4.90 Å². The summed E-state index contributed by atoms with van der Waals surface area (Å²) in [5, 5.41) is 0. The van der Waals surface area contributed by atoms with Crippen molar-refractivity contribution in [2.24, 2.45) is 0 Å². The first-order valence-corrected chi connectivity index (χ1v) is 5.78. The summed E-state index contributed by atoms with van der Waals surface area (Å²) in [6.45, 7) is 3.94. The highest BCUT2D eigenvalue weighted by molar-refractivity contribution is 6.18. The number of halogens is 3. The van der Waals surface area contributed by atoms with Gasteiger partial charge in [-0.1, -0.05) is 0 Å². The number of alkyl halides is 3. The van der Waals surface area contributed by atoms with E-state index in [-0.39, 0.29) is 0 Å². The fourth-order valence-electron chi connectivity index (χ4n) is 1.11. The lowest BCUT2D eigenvalue weighted by atomic mass is 10.2. The van der Waals surface area contributed by atoms with Gasteiger partial charge in [0.1, 0.15) is 0 Å². The lowest BCUT2D eigenvalue weighted by Gasteiger charge is -2.26. The maximum Gasteiger partial charge on any atom is 0.0351 e. The molecule has 1 nitrogen and oxygen atoms in total. The fraction of sp³-hybridized carbons (Fsp3) is 1.00. The van der Waals surface area contributed by atoms with E-state index in [9.17, 15) is 0 Å². The minimum absolute atomic E-state index is 0.486. The summed E-state index contributed by atoms with van der Waals surface area (Å²) < 4.78 is 0. The van der Waals surface area contributed by atoms with Gasteiger partial charge in [-0.3, -0.25) is 4.90 Å². The maximum absolute atomic E-state index is 5.66. The molecule has 0 heterocycles. The van der Waals surface area contributed by atoms with Gasteiger partial charge in [-0.25, -0.2) is 0 Å². The average Bonchev–Trinajstić information content (AvgIpc) is 2.04. The summed E-state index contributed by atoms with van der Waals surface area (Å²) in [5.74, 6) is 2.01. The summed E-state index contributed by atoms with van der Waals surface area (Å²) in [6, 6.07) is 0.486. The largest absolute Gasteiger partial charge is 0.298 e. The molecule has 0 aromatic heterocycles. The van der Waals surface area contributed by atoms with Crippen molar-refractivity contribution in [3.8, 4) is 0 Å². The molecule has 0 saturated carbocycles. The molecule has 0 aromatic rings. The molecule has 0 rings (SSSR count). The molecule has 0 saturated heterocycles. The highest BCUT2D eigenvalue weighted by atomic mass is 35.5. The van der Waals surface area contributed by atoms with Gasteiger partial charge in [-0.05, 0) is 13.3 Å². The van der Waals surface area contributed by atoms with Crippen molar-refractivity contribution >= 4 is 34.8 Å². The molecule has 0 spiro atoms. The van der Waals surface area contributed by atoms with E-state index in [1.165, 1.54) is 0 Å². The Morgan fingerprint density at radius 3 is 1.83 bits per heavy atom. The zero-order valence-corrected chi connectivity index (χ0v) is 9.67. The lowest BCUT2D eigenvalue weighted by molar-refractivity contribution is 0.230.